The van der Waals surface area contributed by atoms with Crippen LogP contribution in [-0.4, -0.2) is 73.8 Å². The molecule has 158 valence electrons. The zero-order valence-electron chi connectivity index (χ0n) is 17.0. The van der Waals surface area contributed by atoms with Crippen LogP contribution >= 0.6 is 0 Å². The van der Waals surface area contributed by atoms with Crippen LogP contribution in [0.3, 0.4) is 0 Å². The second kappa shape index (κ2) is 9.02. The molecule has 0 radical (unpaired) electrons. The van der Waals surface area contributed by atoms with E-state index in [1.807, 2.05) is 34.9 Å². The molecule has 0 spiro atoms. The van der Waals surface area contributed by atoms with Crippen molar-refractivity contribution in [2.24, 2.45) is 0 Å². The van der Waals surface area contributed by atoms with Gasteiger partial charge in [-0.3, -0.25) is 14.8 Å². The molecule has 1 aliphatic heterocycles. The third-order valence-electron chi connectivity index (χ3n) is 5.04. The van der Waals surface area contributed by atoms with Gasteiger partial charge in [0.05, 0.1) is 13.2 Å². The maximum absolute atomic E-state index is 5.42. The Morgan fingerprint density at radius 2 is 1.71 bits per heavy atom. The molecule has 1 aromatic carbocycles. The van der Waals surface area contributed by atoms with Crippen molar-refractivity contribution >= 4 is 28.9 Å². The highest BCUT2D eigenvalue weighted by Crippen LogP contribution is 2.24. The highest BCUT2D eigenvalue weighted by atomic mass is 16.5. The monoisotopic (exact) mass is 417 g/mol. The predicted octanol–water partition coefficient (Wildman–Crippen LogP) is 2.09. The number of para-hydroxylation sites is 1. The van der Waals surface area contributed by atoms with Crippen LogP contribution in [0.1, 0.15) is 0 Å². The van der Waals surface area contributed by atoms with Crippen LogP contribution in [0.15, 0.2) is 55.1 Å². The Kier molecular flexibility index (Phi) is 5.63. The van der Waals surface area contributed by atoms with Gasteiger partial charge < -0.3 is 10.1 Å². The molecule has 0 bridgehead atoms. The Labute approximate surface area is 179 Å². The number of imidazole rings is 1. The molecule has 1 aliphatic rings. The van der Waals surface area contributed by atoms with Gasteiger partial charge >= 0.3 is 0 Å². The molecule has 10 nitrogen and oxygen atoms in total. The molecular formula is C21H23N9O. The lowest BCUT2D eigenvalue weighted by molar-refractivity contribution is 0.0398. The van der Waals surface area contributed by atoms with E-state index in [2.05, 4.69) is 35.5 Å². The molecule has 4 heterocycles. The van der Waals surface area contributed by atoms with Crippen LogP contribution in [-0.2, 0) is 4.74 Å². The predicted molar refractivity (Wildman–Crippen MR) is 118 cm³/mol. The average molecular weight is 417 g/mol. The first-order chi connectivity index (χ1) is 15.4. The van der Waals surface area contributed by atoms with Gasteiger partial charge in [-0.15, -0.1) is 0 Å². The summed E-state index contributed by atoms with van der Waals surface area (Å²) < 4.78 is 7.37. The molecule has 0 saturated carbocycles. The topological polar surface area (TPSA) is 106 Å². The van der Waals surface area contributed by atoms with E-state index >= 15 is 0 Å². The number of nitrogens with one attached hydrogen (secondary N) is 2. The first-order valence-corrected chi connectivity index (χ1v) is 10.3. The highest BCUT2D eigenvalue weighted by Gasteiger charge is 2.16. The number of rotatable bonds is 7. The van der Waals surface area contributed by atoms with Gasteiger partial charge in [0.2, 0.25) is 11.9 Å². The Bertz CT molecular complexity index is 1130. The van der Waals surface area contributed by atoms with Gasteiger partial charge in [0, 0.05) is 44.3 Å². The van der Waals surface area contributed by atoms with Crippen molar-refractivity contribution in [3.8, 4) is 5.69 Å². The molecule has 0 atom stereocenters. The summed E-state index contributed by atoms with van der Waals surface area (Å²) in [7, 11) is 0. The first-order valence-electron chi connectivity index (χ1n) is 10.3. The second-order valence-corrected chi connectivity index (χ2v) is 7.10. The van der Waals surface area contributed by atoms with E-state index in [-0.39, 0.29) is 0 Å². The Morgan fingerprint density at radius 1 is 0.903 bits per heavy atom. The minimum Gasteiger partial charge on any atom is -0.379 e. The highest BCUT2D eigenvalue weighted by molar-refractivity contribution is 5.85. The maximum Gasteiger partial charge on any atom is 0.233 e. The van der Waals surface area contributed by atoms with Crippen molar-refractivity contribution in [1.29, 1.82) is 0 Å². The van der Waals surface area contributed by atoms with Crippen molar-refractivity contribution in [2.45, 2.75) is 0 Å². The van der Waals surface area contributed by atoms with Crippen molar-refractivity contribution in [3.63, 3.8) is 0 Å². The quantitative estimate of drug-likeness (QED) is 0.467. The zero-order valence-corrected chi connectivity index (χ0v) is 17.0. The minimum atomic E-state index is 0.408. The van der Waals surface area contributed by atoms with E-state index in [1.54, 1.807) is 24.8 Å². The number of anilines is 3. The molecule has 5 rings (SSSR count). The van der Waals surface area contributed by atoms with E-state index in [0.717, 1.165) is 45.1 Å². The summed E-state index contributed by atoms with van der Waals surface area (Å²) in [6.45, 7) is 5.10. The number of hydrogen-bond donors (Lipinski definition) is 2. The van der Waals surface area contributed by atoms with E-state index in [9.17, 15) is 0 Å². The Hall–Kier alpha value is -3.63. The number of fused-ring (bicyclic) bond motifs is 1. The smallest absolute Gasteiger partial charge is 0.233 e. The van der Waals surface area contributed by atoms with Crippen LogP contribution < -0.4 is 10.6 Å². The van der Waals surface area contributed by atoms with Crippen molar-refractivity contribution in [1.82, 2.24) is 34.4 Å². The normalized spacial score (nSPS) is 14.6. The number of aromatic nitrogens is 6. The van der Waals surface area contributed by atoms with Gasteiger partial charge in [0.25, 0.3) is 0 Å². The Balaban J connectivity index is 1.46. The molecule has 31 heavy (non-hydrogen) atoms. The third-order valence-corrected chi connectivity index (χ3v) is 5.04. The van der Waals surface area contributed by atoms with Gasteiger partial charge in [-0.05, 0) is 18.2 Å². The number of morpholine rings is 1. The summed E-state index contributed by atoms with van der Waals surface area (Å²) in [5.74, 6) is 1.52. The zero-order chi connectivity index (χ0) is 20.9. The fourth-order valence-electron chi connectivity index (χ4n) is 3.48. The van der Waals surface area contributed by atoms with Crippen molar-refractivity contribution in [2.75, 3.05) is 50.0 Å². The number of ether oxygens (including phenoxy) is 1. The molecular weight excluding hydrogens is 394 g/mol. The fourth-order valence-corrected chi connectivity index (χ4v) is 3.48. The van der Waals surface area contributed by atoms with E-state index in [4.69, 9.17) is 9.72 Å². The summed E-state index contributed by atoms with van der Waals surface area (Å²) in [5.41, 5.74) is 2.39. The lowest BCUT2D eigenvalue weighted by Crippen LogP contribution is -2.39. The van der Waals surface area contributed by atoms with Crippen LogP contribution in [0.4, 0.5) is 17.7 Å². The summed E-state index contributed by atoms with van der Waals surface area (Å²) in [4.78, 5) is 24.7. The summed E-state index contributed by atoms with van der Waals surface area (Å²) in [5, 5.41) is 6.53. The van der Waals surface area contributed by atoms with Crippen molar-refractivity contribution < 1.29 is 4.74 Å². The number of nitrogens with zero attached hydrogens (tertiary/aromatic N) is 7. The van der Waals surface area contributed by atoms with Crippen LogP contribution in [0.5, 0.6) is 0 Å². The fraction of sp³-hybridized carbons (Fsp3) is 0.286. The van der Waals surface area contributed by atoms with Gasteiger partial charge in [-0.2, -0.15) is 9.97 Å². The molecule has 0 amide bonds. The molecule has 2 N–H and O–H groups in total. The van der Waals surface area contributed by atoms with Crippen LogP contribution in [0.25, 0.3) is 16.9 Å². The van der Waals surface area contributed by atoms with E-state index in [1.165, 1.54) is 0 Å². The maximum atomic E-state index is 5.42. The molecule has 3 aromatic heterocycles. The molecule has 0 unspecified atom stereocenters. The number of benzene rings is 1. The SMILES string of the molecule is c1ccc(-n2cnc3c(NCCN4CCOCC4)nc(Nc4ncccn4)nc32)cc1. The second-order valence-electron chi connectivity index (χ2n) is 7.10. The average Bonchev–Trinajstić information content (AvgIpc) is 3.25. The van der Waals surface area contributed by atoms with Crippen LogP contribution in [0, 0.1) is 0 Å². The third kappa shape index (κ3) is 4.44. The molecule has 1 saturated heterocycles. The summed E-state index contributed by atoms with van der Waals surface area (Å²) in [6.07, 6.45) is 5.11. The van der Waals surface area contributed by atoms with Gasteiger partial charge in [-0.25, -0.2) is 15.0 Å². The summed E-state index contributed by atoms with van der Waals surface area (Å²) in [6, 6.07) is 11.8. The molecule has 4 aromatic rings. The standard InChI is InChI=1S/C21H23N9O/c1-2-5-16(6-3-1)30-15-25-17-18(22-9-10-29-11-13-31-14-12-29)26-21(27-19(17)30)28-20-23-7-4-8-24-20/h1-8,15H,9-14H2,(H2,22,23,24,26,27,28). The van der Waals surface area contributed by atoms with Crippen molar-refractivity contribution in [3.05, 3.63) is 55.1 Å². The largest absolute Gasteiger partial charge is 0.379 e. The lowest BCUT2D eigenvalue weighted by Gasteiger charge is -2.26. The minimum absolute atomic E-state index is 0.408. The van der Waals surface area contributed by atoms with Gasteiger partial charge in [-0.1, -0.05) is 18.2 Å². The van der Waals surface area contributed by atoms with E-state index in [0.29, 0.717) is 28.9 Å². The summed E-state index contributed by atoms with van der Waals surface area (Å²) >= 11 is 0. The lowest BCUT2D eigenvalue weighted by atomic mass is 10.3. The van der Waals surface area contributed by atoms with E-state index < -0.39 is 0 Å². The number of hydrogen-bond acceptors (Lipinski definition) is 9. The molecule has 10 heteroatoms. The van der Waals surface area contributed by atoms with Crippen LogP contribution in [0.2, 0.25) is 0 Å². The molecule has 0 aliphatic carbocycles. The Morgan fingerprint density at radius 3 is 2.52 bits per heavy atom. The van der Waals surface area contributed by atoms with Gasteiger partial charge in [0.15, 0.2) is 17.0 Å². The first kappa shape index (κ1) is 19.3. The van der Waals surface area contributed by atoms with Gasteiger partial charge in [0.1, 0.15) is 6.33 Å². The molecule has 1 fully saturated rings.